The van der Waals surface area contributed by atoms with E-state index in [1.807, 2.05) is 30.3 Å². The number of carbonyl (C=O) groups is 2. The SMILES string of the molecule is CC1CCCCC1OCC(=O)NC(Cc1ccccc1)C(N)=O. The third-order valence-electron chi connectivity index (χ3n) is 4.42. The fourth-order valence-corrected chi connectivity index (χ4v) is 3.02. The molecule has 3 atom stereocenters. The summed E-state index contributed by atoms with van der Waals surface area (Å²) in [6.45, 7) is 2.14. The van der Waals surface area contributed by atoms with Gasteiger partial charge in [0.2, 0.25) is 11.8 Å². The highest BCUT2D eigenvalue weighted by atomic mass is 16.5. The van der Waals surface area contributed by atoms with E-state index in [4.69, 9.17) is 10.5 Å². The predicted molar refractivity (Wildman–Crippen MR) is 88.6 cm³/mol. The van der Waals surface area contributed by atoms with Gasteiger partial charge in [0.25, 0.3) is 0 Å². The average Bonchev–Trinajstić information content (AvgIpc) is 2.54. The summed E-state index contributed by atoms with van der Waals surface area (Å²) in [7, 11) is 0. The maximum atomic E-state index is 12.1. The number of benzene rings is 1. The molecule has 23 heavy (non-hydrogen) atoms. The van der Waals surface area contributed by atoms with Crippen LogP contribution in [-0.2, 0) is 20.7 Å². The van der Waals surface area contributed by atoms with Crippen molar-refractivity contribution in [1.29, 1.82) is 0 Å². The van der Waals surface area contributed by atoms with Gasteiger partial charge in [0, 0.05) is 6.42 Å². The molecule has 1 aromatic carbocycles. The summed E-state index contributed by atoms with van der Waals surface area (Å²) < 4.78 is 5.72. The molecule has 5 nitrogen and oxygen atoms in total. The van der Waals surface area contributed by atoms with Crippen LogP contribution in [0.4, 0.5) is 0 Å². The molecule has 1 aliphatic rings. The van der Waals surface area contributed by atoms with E-state index < -0.39 is 11.9 Å². The third-order valence-corrected chi connectivity index (χ3v) is 4.42. The van der Waals surface area contributed by atoms with E-state index in [9.17, 15) is 9.59 Å². The number of nitrogens with two attached hydrogens (primary N) is 1. The van der Waals surface area contributed by atoms with Gasteiger partial charge >= 0.3 is 0 Å². The number of ether oxygens (including phenoxy) is 1. The van der Waals surface area contributed by atoms with Crippen molar-refractivity contribution in [3.05, 3.63) is 35.9 Å². The summed E-state index contributed by atoms with van der Waals surface area (Å²) in [6.07, 6.45) is 5.04. The first-order chi connectivity index (χ1) is 11.1. The van der Waals surface area contributed by atoms with Gasteiger partial charge in [-0.3, -0.25) is 9.59 Å². The van der Waals surface area contributed by atoms with Crippen molar-refractivity contribution >= 4 is 11.8 Å². The molecule has 0 aliphatic heterocycles. The molecule has 3 N–H and O–H groups in total. The van der Waals surface area contributed by atoms with Crippen LogP contribution in [0.3, 0.4) is 0 Å². The number of hydrogen-bond acceptors (Lipinski definition) is 3. The van der Waals surface area contributed by atoms with Gasteiger partial charge in [-0.1, -0.05) is 50.1 Å². The van der Waals surface area contributed by atoms with Crippen LogP contribution >= 0.6 is 0 Å². The molecule has 3 unspecified atom stereocenters. The Labute approximate surface area is 137 Å². The molecule has 0 heterocycles. The molecule has 0 saturated heterocycles. The molecule has 126 valence electrons. The van der Waals surface area contributed by atoms with Crippen LogP contribution in [0.2, 0.25) is 0 Å². The number of rotatable bonds is 7. The molecule has 1 fully saturated rings. The summed E-state index contributed by atoms with van der Waals surface area (Å²) in [5, 5.41) is 2.68. The Balaban J connectivity index is 1.82. The van der Waals surface area contributed by atoms with E-state index >= 15 is 0 Å². The summed E-state index contributed by atoms with van der Waals surface area (Å²) in [4.78, 5) is 23.6. The highest BCUT2D eigenvalue weighted by molar-refractivity contribution is 5.87. The number of carbonyl (C=O) groups excluding carboxylic acids is 2. The van der Waals surface area contributed by atoms with Crippen molar-refractivity contribution in [2.24, 2.45) is 11.7 Å². The standard InChI is InChI=1S/C18H26N2O3/c1-13-7-5-6-10-16(13)23-12-17(21)20-15(18(19)22)11-14-8-3-2-4-9-14/h2-4,8-9,13,15-16H,5-7,10-12H2,1H3,(H2,19,22)(H,20,21). The lowest BCUT2D eigenvalue weighted by molar-refractivity contribution is -0.133. The monoisotopic (exact) mass is 318 g/mol. The maximum Gasteiger partial charge on any atom is 0.246 e. The Kier molecular flexibility index (Phi) is 6.59. The molecule has 0 radical (unpaired) electrons. The van der Waals surface area contributed by atoms with Gasteiger partial charge in [-0.2, -0.15) is 0 Å². The first-order valence-corrected chi connectivity index (χ1v) is 8.30. The number of primary amides is 1. The van der Waals surface area contributed by atoms with Gasteiger partial charge < -0.3 is 15.8 Å². The lowest BCUT2D eigenvalue weighted by Gasteiger charge is -2.28. The minimum Gasteiger partial charge on any atom is -0.368 e. The zero-order valence-corrected chi connectivity index (χ0v) is 13.7. The van der Waals surface area contributed by atoms with Crippen molar-refractivity contribution in [3.63, 3.8) is 0 Å². The maximum absolute atomic E-state index is 12.1. The van der Waals surface area contributed by atoms with Gasteiger partial charge in [-0.15, -0.1) is 0 Å². The molecule has 5 heteroatoms. The average molecular weight is 318 g/mol. The quantitative estimate of drug-likeness (QED) is 0.804. The Morgan fingerprint density at radius 2 is 1.96 bits per heavy atom. The molecular formula is C18H26N2O3. The van der Waals surface area contributed by atoms with E-state index in [-0.39, 0.29) is 18.6 Å². The second-order valence-corrected chi connectivity index (χ2v) is 6.32. The first kappa shape index (κ1) is 17.5. The minimum atomic E-state index is -0.711. The summed E-state index contributed by atoms with van der Waals surface area (Å²) >= 11 is 0. The van der Waals surface area contributed by atoms with E-state index in [2.05, 4.69) is 12.2 Å². The topological polar surface area (TPSA) is 81.4 Å². The fourth-order valence-electron chi connectivity index (χ4n) is 3.02. The van der Waals surface area contributed by atoms with Crippen molar-refractivity contribution in [2.75, 3.05) is 6.61 Å². The van der Waals surface area contributed by atoms with E-state index in [0.717, 1.165) is 24.8 Å². The van der Waals surface area contributed by atoms with Gasteiger partial charge in [0.15, 0.2) is 0 Å². The summed E-state index contributed by atoms with van der Waals surface area (Å²) in [5.74, 6) is -0.344. The van der Waals surface area contributed by atoms with Crippen molar-refractivity contribution in [1.82, 2.24) is 5.32 Å². The lowest BCUT2D eigenvalue weighted by atomic mass is 9.88. The van der Waals surface area contributed by atoms with Crippen LogP contribution in [0.15, 0.2) is 30.3 Å². The number of hydrogen-bond donors (Lipinski definition) is 2. The molecule has 0 bridgehead atoms. The molecular weight excluding hydrogens is 292 g/mol. The minimum absolute atomic E-state index is 0.0203. The lowest BCUT2D eigenvalue weighted by Crippen LogP contribution is -2.47. The smallest absolute Gasteiger partial charge is 0.246 e. The number of amides is 2. The van der Waals surface area contributed by atoms with Crippen molar-refractivity contribution in [2.45, 2.75) is 51.2 Å². The second kappa shape index (κ2) is 8.67. The predicted octanol–water partition coefficient (Wildman–Crippen LogP) is 1.79. The summed E-state index contributed by atoms with van der Waals surface area (Å²) in [6, 6.07) is 8.79. The highest BCUT2D eigenvalue weighted by Gasteiger charge is 2.24. The van der Waals surface area contributed by atoms with E-state index in [0.29, 0.717) is 12.3 Å². The fraction of sp³-hybridized carbons (Fsp3) is 0.556. The van der Waals surface area contributed by atoms with Crippen molar-refractivity contribution in [3.8, 4) is 0 Å². The van der Waals surface area contributed by atoms with Crippen LogP contribution in [0, 0.1) is 5.92 Å². The number of nitrogens with one attached hydrogen (secondary N) is 1. The molecule has 0 aromatic heterocycles. The van der Waals surface area contributed by atoms with Crippen LogP contribution in [0.5, 0.6) is 0 Å². The second-order valence-electron chi connectivity index (χ2n) is 6.32. The van der Waals surface area contributed by atoms with Gasteiger partial charge in [0.05, 0.1) is 6.10 Å². The third kappa shape index (κ3) is 5.67. The Morgan fingerprint density at radius 1 is 1.26 bits per heavy atom. The Bertz CT molecular complexity index is 518. The molecule has 1 aromatic rings. The summed E-state index contributed by atoms with van der Waals surface area (Å²) in [5.41, 5.74) is 6.36. The highest BCUT2D eigenvalue weighted by Crippen LogP contribution is 2.26. The van der Waals surface area contributed by atoms with E-state index in [1.54, 1.807) is 0 Å². The van der Waals surface area contributed by atoms with Crippen LogP contribution < -0.4 is 11.1 Å². The van der Waals surface area contributed by atoms with Crippen LogP contribution in [0.1, 0.15) is 38.2 Å². The molecule has 2 amide bonds. The molecule has 2 rings (SSSR count). The first-order valence-electron chi connectivity index (χ1n) is 8.30. The van der Waals surface area contributed by atoms with Gasteiger partial charge in [-0.05, 0) is 24.3 Å². The molecule has 0 spiro atoms. The normalized spacial score (nSPS) is 22.3. The van der Waals surface area contributed by atoms with Gasteiger partial charge in [-0.25, -0.2) is 0 Å². The van der Waals surface area contributed by atoms with Crippen molar-refractivity contribution < 1.29 is 14.3 Å². The zero-order valence-electron chi connectivity index (χ0n) is 13.7. The van der Waals surface area contributed by atoms with Gasteiger partial charge in [0.1, 0.15) is 12.6 Å². The Hall–Kier alpha value is -1.88. The van der Waals surface area contributed by atoms with Crippen LogP contribution in [-0.4, -0.2) is 30.6 Å². The largest absolute Gasteiger partial charge is 0.368 e. The van der Waals surface area contributed by atoms with Crippen LogP contribution in [0.25, 0.3) is 0 Å². The Morgan fingerprint density at radius 3 is 2.61 bits per heavy atom. The van der Waals surface area contributed by atoms with E-state index in [1.165, 1.54) is 6.42 Å². The molecule has 1 saturated carbocycles. The molecule has 1 aliphatic carbocycles. The zero-order chi connectivity index (χ0) is 16.7.